The number of hydrogen-bond acceptors (Lipinski definition) is 2. The highest BCUT2D eigenvalue weighted by atomic mass is 16.5. The van der Waals surface area contributed by atoms with Crippen molar-refractivity contribution in [1.29, 1.82) is 0 Å². The standard InChI is InChI=1S/C17H18O2/c18-17(11-13-9-10-13)14-5-4-8-16(12-14)19-15-6-2-1-3-7-15/h1-8,12-13,17-18H,9-11H2. The third-order valence-electron chi connectivity index (χ3n) is 3.48. The summed E-state index contributed by atoms with van der Waals surface area (Å²) in [6.45, 7) is 0. The maximum absolute atomic E-state index is 10.2. The molecule has 0 amide bonds. The quantitative estimate of drug-likeness (QED) is 0.861. The number of rotatable bonds is 5. The number of para-hydroxylation sites is 1. The van der Waals surface area contributed by atoms with Gasteiger partial charge in [-0.05, 0) is 42.2 Å². The van der Waals surface area contributed by atoms with E-state index in [0.29, 0.717) is 5.92 Å². The van der Waals surface area contributed by atoms with E-state index >= 15 is 0 Å². The van der Waals surface area contributed by atoms with Crippen LogP contribution in [0.2, 0.25) is 0 Å². The zero-order valence-corrected chi connectivity index (χ0v) is 10.8. The molecule has 1 N–H and O–H groups in total. The average Bonchev–Trinajstić information content (AvgIpc) is 3.24. The summed E-state index contributed by atoms with van der Waals surface area (Å²) in [5, 5.41) is 10.2. The number of benzene rings is 2. The second-order valence-corrected chi connectivity index (χ2v) is 5.18. The third-order valence-corrected chi connectivity index (χ3v) is 3.48. The topological polar surface area (TPSA) is 29.5 Å². The van der Waals surface area contributed by atoms with Gasteiger partial charge in [-0.3, -0.25) is 0 Å². The van der Waals surface area contributed by atoms with Gasteiger partial charge in [0.1, 0.15) is 11.5 Å². The highest BCUT2D eigenvalue weighted by molar-refractivity contribution is 5.34. The molecular formula is C17H18O2. The first kappa shape index (κ1) is 12.2. The van der Waals surface area contributed by atoms with Crippen molar-refractivity contribution < 1.29 is 9.84 Å². The summed E-state index contributed by atoms with van der Waals surface area (Å²) < 4.78 is 5.78. The van der Waals surface area contributed by atoms with Gasteiger partial charge in [0.05, 0.1) is 6.10 Å². The number of aliphatic hydroxyl groups excluding tert-OH is 1. The van der Waals surface area contributed by atoms with Crippen molar-refractivity contribution in [3.63, 3.8) is 0 Å². The van der Waals surface area contributed by atoms with E-state index in [1.54, 1.807) is 0 Å². The molecule has 3 rings (SSSR count). The Morgan fingerprint density at radius 1 is 1.00 bits per heavy atom. The molecule has 19 heavy (non-hydrogen) atoms. The zero-order valence-electron chi connectivity index (χ0n) is 10.8. The van der Waals surface area contributed by atoms with Crippen LogP contribution in [-0.4, -0.2) is 5.11 Å². The predicted molar refractivity (Wildman–Crippen MR) is 75.3 cm³/mol. The van der Waals surface area contributed by atoms with Crippen molar-refractivity contribution >= 4 is 0 Å². The Hall–Kier alpha value is -1.80. The Balaban J connectivity index is 1.71. The lowest BCUT2D eigenvalue weighted by Gasteiger charge is -2.12. The van der Waals surface area contributed by atoms with E-state index < -0.39 is 0 Å². The van der Waals surface area contributed by atoms with Crippen LogP contribution in [0.4, 0.5) is 0 Å². The van der Waals surface area contributed by atoms with Gasteiger partial charge in [0.25, 0.3) is 0 Å². The van der Waals surface area contributed by atoms with E-state index in [1.165, 1.54) is 12.8 Å². The molecule has 0 aromatic heterocycles. The first-order valence-electron chi connectivity index (χ1n) is 6.82. The first-order chi connectivity index (χ1) is 9.31. The van der Waals surface area contributed by atoms with Gasteiger partial charge in [-0.25, -0.2) is 0 Å². The molecule has 1 fully saturated rings. The fourth-order valence-electron chi connectivity index (χ4n) is 2.22. The minimum absolute atomic E-state index is 0.369. The van der Waals surface area contributed by atoms with E-state index in [1.807, 2.05) is 54.6 Å². The molecule has 0 bridgehead atoms. The fourth-order valence-corrected chi connectivity index (χ4v) is 2.22. The van der Waals surface area contributed by atoms with Crippen LogP contribution in [0.15, 0.2) is 54.6 Å². The Bertz CT molecular complexity index is 532. The maximum Gasteiger partial charge on any atom is 0.127 e. The summed E-state index contributed by atoms with van der Waals surface area (Å²) >= 11 is 0. The van der Waals surface area contributed by atoms with E-state index in [9.17, 15) is 5.11 Å². The molecule has 0 aliphatic heterocycles. The lowest BCUT2D eigenvalue weighted by atomic mass is 10.0. The Labute approximate surface area is 113 Å². The fraction of sp³-hybridized carbons (Fsp3) is 0.294. The van der Waals surface area contributed by atoms with Crippen LogP contribution in [0.5, 0.6) is 11.5 Å². The third kappa shape index (κ3) is 3.36. The molecule has 2 aromatic carbocycles. The van der Waals surface area contributed by atoms with Crippen LogP contribution in [0.1, 0.15) is 30.9 Å². The molecule has 0 radical (unpaired) electrons. The molecule has 1 atom stereocenters. The van der Waals surface area contributed by atoms with Crippen LogP contribution < -0.4 is 4.74 Å². The van der Waals surface area contributed by atoms with Gasteiger partial charge in [0.2, 0.25) is 0 Å². The lowest BCUT2D eigenvalue weighted by molar-refractivity contribution is 0.160. The summed E-state index contributed by atoms with van der Waals surface area (Å²) in [4.78, 5) is 0. The van der Waals surface area contributed by atoms with Gasteiger partial charge in [-0.1, -0.05) is 43.2 Å². The summed E-state index contributed by atoms with van der Waals surface area (Å²) in [6.07, 6.45) is 3.02. The van der Waals surface area contributed by atoms with Crippen molar-refractivity contribution in [3.05, 3.63) is 60.2 Å². The zero-order chi connectivity index (χ0) is 13.1. The van der Waals surface area contributed by atoms with E-state index in [-0.39, 0.29) is 6.10 Å². The van der Waals surface area contributed by atoms with Crippen molar-refractivity contribution in [3.8, 4) is 11.5 Å². The molecule has 1 unspecified atom stereocenters. The minimum Gasteiger partial charge on any atom is -0.457 e. The Morgan fingerprint density at radius 2 is 1.74 bits per heavy atom. The number of ether oxygens (including phenoxy) is 1. The summed E-state index contributed by atoms with van der Waals surface area (Å²) in [7, 11) is 0. The lowest BCUT2D eigenvalue weighted by Crippen LogP contribution is -1.98. The van der Waals surface area contributed by atoms with Gasteiger partial charge in [0, 0.05) is 0 Å². The van der Waals surface area contributed by atoms with Gasteiger partial charge in [0.15, 0.2) is 0 Å². The molecule has 1 aliphatic carbocycles. The molecule has 0 spiro atoms. The molecule has 2 nitrogen and oxygen atoms in total. The molecule has 2 aromatic rings. The van der Waals surface area contributed by atoms with Gasteiger partial charge in [-0.2, -0.15) is 0 Å². The molecule has 1 saturated carbocycles. The second-order valence-electron chi connectivity index (χ2n) is 5.18. The maximum atomic E-state index is 10.2. The average molecular weight is 254 g/mol. The van der Waals surface area contributed by atoms with Crippen LogP contribution in [0, 0.1) is 5.92 Å². The smallest absolute Gasteiger partial charge is 0.127 e. The summed E-state index contributed by atoms with van der Waals surface area (Å²) in [6, 6.07) is 17.4. The van der Waals surface area contributed by atoms with Gasteiger partial charge < -0.3 is 9.84 Å². The van der Waals surface area contributed by atoms with E-state index in [2.05, 4.69) is 0 Å². The second kappa shape index (κ2) is 5.45. The SMILES string of the molecule is OC(CC1CC1)c1cccc(Oc2ccccc2)c1. The van der Waals surface area contributed by atoms with Crippen LogP contribution in [0.3, 0.4) is 0 Å². The summed E-state index contributed by atoms with van der Waals surface area (Å²) in [5.74, 6) is 2.31. The molecule has 2 heteroatoms. The highest BCUT2D eigenvalue weighted by Gasteiger charge is 2.25. The van der Waals surface area contributed by atoms with Crippen molar-refractivity contribution in [2.24, 2.45) is 5.92 Å². The van der Waals surface area contributed by atoms with Crippen LogP contribution >= 0.6 is 0 Å². The predicted octanol–water partition coefficient (Wildman–Crippen LogP) is 4.31. The van der Waals surface area contributed by atoms with E-state index in [4.69, 9.17) is 4.74 Å². The van der Waals surface area contributed by atoms with Crippen molar-refractivity contribution in [2.45, 2.75) is 25.4 Å². The van der Waals surface area contributed by atoms with Crippen LogP contribution in [-0.2, 0) is 0 Å². The molecule has 0 heterocycles. The molecule has 0 saturated heterocycles. The van der Waals surface area contributed by atoms with Crippen LogP contribution in [0.25, 0.3) is 0 Å². The normalized spacial score (nSPS) is 16.1. The molecule has 98 valence electrons. The van der Waals surface area contributed by atoms with Gasteiger partial charge >= 0.3 is 0 Å². The number of aliphatic hydroxyl groups is 1. The Kier molecular flexibility index (Phi) is 3.51. The highest BCUT2D eigenvalue weighted by Crippen LogP contribution is 2.38. The van der Waals surface area contributed by atoms with Crippen molar-refractivity contribution in [1.82, 2.24) is 0 Å². The van der Waals surface area contributed by atoms with E-state index in [0.717, 1.165) is 23.5 Å². The van der Waals surface area contributed by atoms with Gasteiger partial charge in [-0.15, -0.1) is 0 Å². The minimum atomic E-state index is -0.369. The Morgan fingerprint density at radius 3 is 2.47 bits per heavy atom. The van der Waals surface area contributed by atoms with Crippen molar-refractivity contribution in [2.75, 3.05) is 0 Å². The monoisotopic (exact) mass is 254 g/mol. The number of hydrogen-bond donors (Lipinski definition) is 1. The molecular weight excluding hydrogens is 236 g/mol. The largest absolute Gasteiger partial charge is 0.457 e. The molecule has 1 aliphatic rings. The first-order valence-corrected chi connectivity index (χ1v) is 6.82. The summed E-state index contributed by atoms with van der Waals surface area (Å²) in [5.41, 5.74) is 0.945.